The number of aromatic nitrogens is 6. The zero-order valence-electron chi connectivity index (χ0n) is 29.3. The van der Waals surface area contributed by atoms with Crippen molar-refractivity contribution in [1.29, 1.82) is 0 Å². The normalized spacial score (nSPS) is 12.0. The predicted molar refractivity (Wildman–Crippen MR) is 222 cm³/mol. The summed E-state index contributed by atoms with van der Waals surface area (Å²) in [4.78, 5) is 21.2. The molecule has 7 nitrogen and oxygen atoms in total. The van der Waals surface area contributed by atoms with Crippen LogP contribution in [0.15, 0.2) is 174 Å². The van der Waals surface area contributed by atoms with Crippen LogP contribution < -0.4 is 0 Å². The molecule has 0 atom stereocenters. The van der Waals surface area contributed by atoms with Gasteiger partial charge in [-0.1, -0.05) is 127 Å². The lowest BCUT2D eigenvalue weighted by molar-refractivity contribution is 0.666. The Kier molecular flexibility index (Phi) is 6.21. The molecule has 55 heavy (non-hydrogen) atoms. The molecule has 0 amide bonds. The fourth-order valence-electron chi connectivity index (χ4n) is 8.31. The maximum atomic E-state index is 6.46. The van der Waals surface area contributed by atoms with Gasteiger partial charge in [-0.05, 0) is 42.5 Å². The molecule has 12 aromatic rings. The number of rotatable bonds is 4. The average molecular weight is 705 g/mol. The van der Waals surface area contributed by atoms with Crippen LogP contribution in [0, 0.1) is 0 Å². The largest absolute Gasteiger partial charge is 0.452 e. The summed E-state index contributed by atoms with van der Waals surface area (Å²) in [5, 5.41) is 6.43. The summed E-state index contributed by atoms with van der Waals surface area (Å²) in [6.45, 7) is 0. The maximum absolute atomic E-state index is 6.46. The smallest absolute Gasteiger partial charge is 0.236 e. The zero-order valence-corrected chi connectivity index (χ0v) is 29.3. The van der Waals surface area contributed by atoms with Crippen LogP contribution in [-0.2, 0) is 0 Å². The van der Waals surface area contributed by atoms with E-state index in [0.29, 0.717) is 17.5 Å². The Hall–Kier alpha value is -7.64. The number of hydrogen-bond acceptors (Lipinski definition) is 5. The van der Waals surface area contributed by atoms with E-state index in [2.05, 4.69) is 124 Å². The molecule has 0 saturated carbocycles. The first-order valence-electron chi connectivity index (χ1n) is 18.3. The van der Waals surface area contributed by atoms with Crippen LogP contribution in [0.4, 0.5) is 0 Å². The minimum absolute atomic E-state index is 0.569. The van der Waals surface area contributed by atoms with Crippen LogP contribution in [0.5, 0.6) is 0 Å². The first kappa shape index (κ1) is 29.9. The summed E-state index contributed by atoms with van der Waals surface area (Å²) < 4.78 is 10.9. The van der Waals surface area contributed by atoms with E-state index in [1.165, 1.54) is 0 Å². The molecular formula is C48H28N6O. The lowest BCUT2D eigenvalue weighted by Gasteiger charge is -2.12. The average Bonchev–Trinajstić information content (AvgIpc) is 3.90. The van der Waals surface area contributed by atoms with Gasteiger partial charge in [0, 0.05) is 43.4 Å². The highest BCUT2D eigenvalue weighted by Gasteiger charge is 2.24. The number of furan rings is 1. The molecule has 0 unspecified atom stereocenters. The molecule has 7 heteroatoms. The molecule has 0 bridgehead atoms. The van der Waals surface area contributed by atoms with Gasteiger partial charge in [-0.2, -0.15) is 0 Å². The van der Waals surface area contributed by atoms with E-state index >= 15 is 0 Å². The van der Waals surface area contributed by atoms with E-state index in [9.17, 15) is 0 Å². The topological polar surface area (TPSA) is 74.6 Å². The molecule has 5 aromatic heterocycles. The third-order valence-electron chi connectivity index (χ3n) is 10.8. The minimum Gasteiger partial charge on any atom is -0.452 e. The Morgan fingerprint density at radius 1 is 0.364 bits per heavy atom. The monoisotopic (exact) mass is 704 g/mol. The lowest BCUT2D eigenvalue weighted by atomic mass is 10.1. The maximum Gasteiger partial charge on any atom is 0.236 e. The molecule has 256 valence electrons. The van der Waals surface area contributed by atoms with E-state index in [0.717, 1.165) is 93.5 Å². The predicted octanol–water partition coefficient (Wildman–Crippen LogP) is 11.8. The Bertz CT molecular complexity index is 3490. The second-order valence-electron chi connectivity index (χ2n) is 13.9. The molecule has 12 rings (SSSR count). The molecule has 0 radical (unpaired) electrons. The fraction of sp³-hybridized carbons (Fsp3) is 0. The number of benzene rings is 7. The first-order valence-corrected chi connectivity index (χ1v) is 18.3. The van der Waals surface area contributed by atoms with Crippen LogP contribution in [0.25, 0.3) is 111 Å². The Labute approximate surface area is 313 Å². The van der Waals surface area contributed by atoms with Crippen molar-refractivity contribution in [2.24, 2.45) is 0 Å². The summed E-state index contributed by atoms with van der Waals surface area (Å²) >= 11 is 0. The summed E-state index contributed by atoms with van der Waals surface area (Å²) in [7, 11) is 0. The van der Waals surface area contributed by atoms with Gasteiger partial charge in [0.05, 0.1) is 33.3 Å². The van der Waals surface area contributed by atoms with Crippen LogP contribution in [0.2, 0.25) is 0 Å². The van der Waals surface area contributed by atoms with Crippen LogP contribution in [0.1, 0.15) is 0 Å². The van der Waals surface area contributed by atoms with Crippen molar-refractivity contribution in [3.63, 3.8) is 0 Å². The van der Waals surface area contributed by atoms with E-state index in [1.54, 1.807) is 0 Å². The van der Waals surface area contributed by atoms with Gasteiger partial charge in [-0.3, -0.25) is 9.13 Å². The molecule has 7 aromatic carbocycles. The number of nitrogens with zero attached hydrogens (tertiary/aromatic N) is 6. The van der Waals surface area contributed by atoms with Crippen molar-refractivity contribution in [2.75, 3.05) is 0 Å². The van der Waals surface area contributed by atoms with E-state index in [-0.39, 0.29) is 0 Å². The lowest BCUT2D eigenvalue weighted by Crippen LogP contribution is -2.04. The van der Waals surface area contributed by atoms with E-state index in [4.69, 9.17) is 24.4 Å². The molecule has 0 aliphatic rings. The molecule has 0 aliphatic carbocycles. The molecule has 0 fully saturated rings. The van der Waals surface area contributed by atoms with Crippen molar-refractivity contribution in [3.05, 3.63) is 170 Å². The molecule has 0 spiro atoms. The van der Waals surface area contributed by atoms with Crippen molar-refractivity contribution >= 4 is 76.6 Å². The summed E-state index contributed by atoms with van der Waals surface area (Å²) in [6, 6.07) is 58.4. The molecule has 0 aliphatic heterocycles. The zero-order chi connectivity index (χ0) is 36.0. The van der Waals surface area contributed by atoms with Gasteiger partial charge in [0.2, 0.25) is 11.9 Å². The van der Waals surface area contributed by atoms with Crippen LogP contribution in [-0.4, -0.2) is 29.1 Å². The number of para-hydroxylation sites is 4. The number of hydrogen-bond donors (Lipinski definition) is 0. The van der Waals surface area contributed by atoms with Gasteiger partial charge >= 0.3 is 0 Å². The summed E-state index contributed by atoms with van der Waals surface area (Å²) in [5.74, 6) is 1.18. The van der Waals surface area contributed by atoms with Crippen molar-refractivity contribution in [3.8, 4) is 34.4 Å². The third kappa shape index (κ3) is 4.38. The Balaban J connectivity index is 1.21. The van der Waals surface area contributed by atoms with Gasteiger partial charge in [-0.25, -0.2) is 19.9 Å². The van der Waals surface area contributed by atoms with Gasteiger partial charge in [0.1, 0.15) is 16.8 Å². The standard InChI is InChI=1S/C48H28N6O/c1-3-15-29(16-4-1)43-33-21-7-11-23-37(33)49-47(50-43)53-38-24-12-8-19-31(38)35-27-36-32-20-9-13-25-39(32)54(41(36)28-40(35)53)48-51-44(30-17-5-2-6-18-30)46-45(52-48)34-22-10-14-26-42(34)55-46/h1-28H. The highest BCUT2D eigenvalue weighted by atomic mass is 16.3. The third-order valence-corrected chi connectivity index (χ3v) is 10.8. The van der Waals surface area contributed by atoms with Crippen molar-refractivity contribution in [2.45, 2.75) is 0 Å². The van der Waals surface area contributed by atoms with Crippen molar-refractivity contribution in [1.82, 2.24) is 29.1 Å². The van der Waals surface area contributed by atoms with E-state index in [1.807, 2.05) is 54.6 Å². The second kappa shape index (κ2) is 11.4. The molecule has 5 heterocycles. The van der Waals surface area contributed by atoms with Gasteiger partial charge in [-0.15, -0.1) is 0 Å². The highest BCUT2D eigenvalue weighted by molar-refractivity contribution is 6.19. The van der Waals surface area contributed by atoms with Gasteiger partial charge in [0.15, 0.2) is 5.58 Å². The summed E-state index contributed by atoms with van der Waals surface area (Å²) in [5.41, 5.74) is 10.8. The second-order valence-corrected chi connectivity index (χ2v) is 13.9. The van der Waals surface area contributed by atoms with Gasteiger partial charge in [0.25, 0.3) is 0 Å². The fourth-order valence-corrected chi connectivity index (χ4v) is 8.31. The van der Waals surface area contributed by atoms with Gasteiger partial charge < -0.3 is 4.42 Å². The van der Waals surface area contributed by atoms with Crippen LogP contribution >= 0.6 is 0 Å². The summed E-state index contributed by atoms with van der Waals surface area (Å²) in [6.07, 6.45) is 0. The quantitative estimate of drug-likeness (QED) is 0.182. The first-order chi connectivity index (χ1) is 27.3. The SMILES string of the molecule is c1ccc(-c2nc(-n3c4ccccc4c4cc5c6ccccc6n(-c6nc(-c7ccccc7)c7oc8ccccc8c7n6)c5cc43)nc3ccccc23)cc1. The highest BCUT2D eigenvalue weighted by Crippen LogP contribution is 2.41. The number of fused-ring (bicyclic) bond motifs is 10. The Morgan fingerprint density at radius 3 is 1.55 bits per heavy atom. The molecule has 0 N–H and O–H groups in total. The molecular weight excluding hydrogens is 677 g/mol. The minimum atomic E-state index is 0.569. The van der Waals surface area contributed by atoms with E-state index < -0.39 is 0 Å². The van der Waals surface area contributed by atoms with Crippen molar-refractivity contribution < 1.29 is 4.42 Å². The molecule has 0 saturated heterocycles. The van der Waals surface area contributed by atoms with Crippen LogP contribution in [0.3, 0.4) is 0 Å². The Morgan fingerprint density at radius 2 is 0.873 bits per heavy atom.